The van der Waals surface area contributed by atoms with Crippen molar-refractivity contribution in [2.45, 2.75) is 38.3 Å². The molecule has 2 N–H and O–H groups in total. The van der Waals surface area contributed by atoms with E-state index in [2.05, 4.69) is 15.4 Å². The molecule has 1 aliphatic carbocycles. The summed E-state index contributed by atoms with van der Waals surface area (Å²) in [6, 6.07) is 7.44. The number of hydrogen-bond acceptors (Lipinski definition) is 4. The smallest absolute Gasteiger partial charge is 0.251 e. The van der Waals surface area contributed by atoms with Gasteiger partial charge in [0.15, 0.2) is 0 Å². The molecule has 1 amide bonds. The van der Waals surface area contributed by atoms with Gasteiger partial charge in [0, 0.05) is 12.1 Å². The number of carbonyl (C=O) groups is 1. The molecule has 1 saturated carbocycles. The molecule has 3 rings (SSSR count). The van der Waals surface area contributed by atoms with Crippen LogP contribution >= 0.6 is 0 Å². The highest BCUT2D eigenvalue weighted by Gasteiger charge is 2.23. The zero-order chi connectivity index (χ0) is 16.1. The standard InChI is InChI=1S/C17H22N4O2/c22-16(13-5-1-2-6-13)9-19-17(23)15-8-4-3-7-14(15)10-21-12-18-11-20-21/h3-4,7-8,11-13,16,22H,1-2,5-6,9-10H2,(H,19,23). The monoisotopic (exact) mass is 314 g/mol. The summed E-state index contributed by atoms with van der Waals surface area (Å²) in [4.78, 5) is 16.4. The Bertz CT molecular complexity index is 636. The number of benzene rings is 1. The van der Waals surface area contributed by atoms with Crippen molar-refractivity contribution in [3.05, 3.63) is 48.0 Å². The summed E-state index contributed by atoms with van der Waals surface area (Å²) >= 11 is 0. The molecular formula is C17H22N4O2. The number of rotatable bonds is 6. The molecule has 6 heteroatoms. The normalized spacial score (nSPS) is 16.4. The second-order valence-corrected chi connectivity index (χ2v) is 6.07. The number of hydrogen-bond donors (Lipinski definition) is 2. The Kier molecular flexibility index (Phi) is 5.02. The number of carbonyl (C=O) groups excluding carboxylic acids is 1. The van der Waals surface area contributed by atoms with Gasteiger partial charge in [0.2, 0.25) is 0 Å². The maximum absolute atomic E-state index is 12.4. The molecule has 1 atom stereocenters. The fourth-order valence-electron chi connectivity index (χ4n) is 3.17. The summed E-state index contributed by atoms with van der Waals surface area (Å²) in [5.74, 6) is 0.165. The van der Waals surface area contributed by atoms with Gasteiger partial charge in [-0.15, -0.1) is 0 Å². The van der Waals surface area contributed by atoms with Gasteiger partial charge >= 0.3 is 0 Å². The van der Waals surface area contributed by atoms with Crippen LogP contribution in [0.4, 0.5) is 0 Å². The average Bonchev–Trinajstić information content (AvgIpc) is 3.26. The van der Waals surface area contributed by atoms with Crippen molar-refractivity contribution in [3.63, 3.8) is 0 Å². The second kappa shape index (κ2) is 7.37. The molecule has 0 bridgehead atoms. The summed E-state index contributed by atoms with van der Waals surface area (Å²) in [5.41, 5.74) is 1.49. The van der Waals surface area contributed by atoms with Gasteiger partial charge in [-0.05, 0) is 30.4 Å². The Hall–Kier alpha value is -2.21. The molecule has 23 heavy (non-hydrogen) atoms. The van der Waals surface area contributed by atoms with E-state index in [1.54, 1.807) is 17.1 Å². The van der Waals surface area contributed by atoms with E-state index >= 15 is 0 Å². The lowest BCUT2D eigenvalue weighted by Crippen LogP contribution is -2.36. The van der Waals surface area contributed by atoms with Crippen LogP contribution in [0.5, 0.6) is 0 Å². The van der Waals surface area contributed by atoms with Crippen molar-refractivity contribution < 1.29 is 9.90 Å². The summed E-state index contributed by atoms with van der Waals surface area (Å²) in [5, 5.41) is 17.1. The first-order chi connectivity index (χ1) is 11.2. The number of amides is 1. The molecule has 1 unspecified atom stereocenters. The zero-order valence-corrected chi connectivity index (χ0v) is 13.1. The van der Waals surface area contributed by atoms with Crippen LogP contribution in [-0.2, 0) is 6.54 Å². The van der Waals surface area contributed by atoms with Gasteiger partial charge in [0.05, 0.1) is 12.6 Å². The predicted octanol–water partition coefficient (Wildman–Crippen LogP) is 1.61. The van der Waals surface area contributed by atoms with E-state index in [1.807, 2.05) is 18.2 Å². The highest BCUT2D eigenvalue weighted by atomic mass is 16.3. The van der Waals surface area contributed by atoms with E-state index in [0.29, 0.717) is 24.6 Å². The minimum Gasteiger partial charge on any atom is -0.391 e. The van der Waals surface area contributed by atoms with E-state index < -0.39 is 6.10 Å². The molecule has 1 aliphatic rings. The highest BCUT2D eigenvalue weighted by Crippen LogP contribution is 2.27. The third-order valence-corrected chi connectivity index (χ3v) is 4.48. The average molecular weight is 314 g/mol. The Morgan fingerprint density at radius 3 is 2.87 bits per heavy atom. The first-order valence-electron chi connectivity index (χ1n) is 8.10. The Morgan fingerprint density at radius 1 is 1.35 bits per heavy atom. The van der Waals surface area contributed by atoms with E-state index in [-0.39, 0.29) is 5.91 Å². The minimum absolute atomic E-state index is 0.155. The van der Waals surface area contributed by atoms with E-state index in [4.69, 9.17) is 0 Å². The Morgan fingerprint density at radius 2 is 2.13 bits per heavy atom. The number of aliphatic hydroxyl groups is 1. The third kappa shape index (κ3) is 3.96. The van der Waals surface area contributed by atoms with Gasteiger partial charge in [0.1, 0.15) is 12.7 Å². The molecule has 1 aromatic carbocycles. The first-order valence-corrected chi connectivity index (χ1v) is 8.10. The van der Waals surface area contributed by atoms with Crippen molar-refractivity contribution in [3.8, 4) is 0 Å². The zero-order valence-electron chi connectivity index (χ0n) is 13.1. The number of nitrogens with zero attached hydrogens (tertiary/aromatic N) is 3. The van der Waals surface area contributed by atoms with Crippen molar-refractivity contribution in [1.82, 2.24) is 20.1 Å². The second-order valence-electron chi connectivity index (χ2n) is 6.07. The van der Waals surface area contributed by atoms with Gasteiger partial charge in [-0.3, -0.25) is 4.79 Å². The Balaban J connectivity index is 1.62. The Labute approximate surface area is 135 Å². The summed E-state index contributed by atoms with van der Waals surface area (Å²) in [6.07, 6.45) is 7.11. The van der Waals surface area contributed by atoms with Crippen molar-refractivity contribution in [2.75, 3.05) is 6.54 Å². The van der Waals surface area contributed by atoms with Crippen LogP contribution in [0.25, 0.3) is 0 Å². The molecule has 0 aliphatic heterocycles. The molecule has 1 heterocycles. The van der Waals surface area contributed by atoms with Crippen LogP contribution in [0.2, 0.25) is 0 Å². The summed E-state index contributed by atoms with van der Waals surface area (Å²) < 4.78 is 1.68. The van der Waals surface area contributed by atoms with Crippen molar-refractivity contribution in [1.29, 1.82) is 0 Å². The topological polar surface area (TPSA) is 80.0 Å². The van der Waals surface area contributed by atoms with E-state index in [9.17, 15) is 9.90 Å². The van der Waals surface area contributed by atoms with Gasteiger partial charge in [0.25, 0.3) is 5.91 Å². The van der Waals surface area contributed by atoms with Crippen LogP contribution in [0.3, 0.4) is 0 Å². The quantitative estimate of drug-likeness (QED) is 0.849. The molecule has 1 aromatic heterocycles. The van der Waals surface area contributed by atoms with Gasteiger partial charge in [-0.1, -0.05) is 31.0 Å². The third-order valence-electron chi connectivity index (χ3n) is 4.48. The maximum atomic E-state index is 12.4. The lowest BCUT2D eigenvalue weighted by Gasteiger charge is -2.18. The predicted molar refractivity (Wildman–Crippen MR) is 85.9 cm³/mol. The number of aromatic nitrogens is 3. The first kappa shape index (κ1) is 15.7. The molecule has 0 radical (unpaired) electrons. The SMILES string of the molecule is O=C(NCC(O)C1CCCC1)c1ccccc1Cn1cncn1. The molecular weight excluding hydrogens is 292 g/mol. The van der Waals surface area contributed by atoms with Crippen molar-refractivity contribution in [2.24, 2.45) is 5.92 Å². The largest absolute Gasteiger partial charge is 0.391 e. The van der Waals surface area contributed by atoms with E-state index in [0.717, 1.165) is 18.4 Å². The van der Waals surface area contributed by atoms with Crippen LogP contribution in [0.1, 0.15) is 41.6 Å². The minimum atomic E-state index is -0.455. The lowest BCUT2D eigenvalue weighted by atomic mass is 10.0. The van der Waals surface area contributed by atoms with E-state index in [1.165, 1.54) is 19.2 Å². The fraction of sp³-hybridized carbons (Fsp3) is 0.471. The molecule has 6 nitrogen and oxygen atoms in total. The molecule has 122 valence electrons. The molecule has 2 aromatic rings. The summed E-state index contributed by atoms with van der Waals surface area (Å²) in [7, 11) is 0. The highest BCUT2D eigenvalue weighted by molar-refractivity contribution is 5.95. The molecule has 1 fully saturated rings. The van der Waals surface area contributed by atoms with Crippen LogP contribution in [-0.4, -0.2) is 38.4 Å². The molecule has 0 spiro atoms. The lowest BCUT2D eigenvalue weighted by molar-refractivity contribution is 0.0839. The summed E-state index contributed by atoms with van der Waals surface area (Å²) in [6.45, 7) is 0.802. The van der Waals surface area contributed by atoms with Crippen LogP contribution in [0.15, 0.2) is 36.9 Å². The number of aliphatic hydroxyl groups excluding tert-OH is 1. The van der Waals surface area contributed by atoms with Crippen LogP contribution in [0, 0.1) is 5.92 Å². The fourth-order valence-corrected chi connectivity index (χ4v) is 3.17. The van der Waals surface area contributed by atoms with Crippen molar-refractivity contribution >= 4 is 5.91 Å². The van der Waals surface area contributed by atoms with Gasteiger partial charge in [-0.2, -0.15) is 5.10 Å². The van der Waals surface area contributed by atoms with Crippen LogP contribution < -0.4 is 5.32 Å². The van der Waals surface area contributed by atoms with Gasteiger partial charge in [-0.25, -0.2) is 9.67 Å². The number of nitrogens with one attached hydrogen (secondary N) is 1. The van der Waals surface area contributed by atoms with Gasteiger partial charge < -0.3 is 10.4 Å². The molecule has 0 saturated heterocycles. The maximum Gasteiger partial charge on any atom is 0.251 e.